The molecule has 1 atom stereocenters. The minimum Gasteiger partial charge on any atom is -0.395 e. The normalized spacial score (nSPS) is 31.9. The Morgan fingerprint density at radius 3 is 2.71 bits per heavy atom. The molecule has 0 aromatic heterocycles. The van der Waals surface area contributed by atoms with Crippen LogP contribution in [0.2, 0.25) is 0 Å². The van der Waals surface area contributed by atoms with Crippen molar-refractivity contribution in [1.82, 2.24) is 10.2 Å². The molecule has 1 unspecified atom stereocenters. The van der Waals surface area contributed by atoms with E-state index in [0.717, 1.165) is 25.7 Å². The molecule has 0 bridgehead atoms. The Hall–Kier alpha value is -0.120. The monoisotopic (exact) mass is 198 g/mol. The van der Waals surface area contributed by atoms with Crippen LogP contribution >= 0.6 is 0 Å². The van der Waals surface area contributed by atoms with Gasteiger partial charge in [0.05, 0.1) is 6.61 Å². The second kappa shape index (κ2) is 5.10. The van der Waals surface area contributed by atoms with Crippen molar-refractivity contribution in [3.63, 3.8) is 0 Å². The third kappa shape index (κ3) is 2.27. The van der Waals surface area contributed by atoms with E-state index in [2.05, 4.69) is 10.2 Å². The lowest BCUT2D eigenvalue weighted by Crippen LogP contribution is -2.56. The molecule has 82 valence electrons. The van der Waals surface area contributed by atoms with Crippen LogP contribution in [0, 0.1) is 0 Å². The van der Waals surface area contributed by atoms with Gasteiger partial charge < -0.3 is 10.4 Å². The molecule has 14 heavy (non-hydrogen) atoms. The van der Waals surface area contributed by atoms with Crippen molar-refractivity contribution >= 4 is 0 Å². The number of aliphatic hydroxyl groups excluding tert-OH is 1. The molecule has 1 aliphatic heterocycles. The predicted octanol–water partition coefficient (Wildman–Crippen LogP) is 0.585. The second-order valence-corrected chi connectivity index (χ2v) is 4.57. The third-order valence-electron chi connectivity index (χ3n) is 3.65. The fraction of sp³-hybridized carbons (Fsp3) is 1.00. The van der Waals surface area contributed by atoms with Crippen molar-refractivity contribution in [2.45, 2.75) is 44.2 Å². The van der Waals surface area contributed by atoms with E-state index in [0.29, 0.717) is 12.6 Å². The van der Waals surface area contributed by atoms with E-state index in [9.17, 15) is 5.11 Å². The van der Waals surface area contributed by atoms with Gasteiger partial charge in [0.15, 0.2) is 0 Å². The lowest BCUT2D eigenvalue weighted by atomic mass is 9.92. The molecule has 0 aromatic rings. The SMILES string of the molecule is OCC1CNCCN1C1CCCCC1. The molecule has 3 heteroatoms. The van der Waals surface area contributed by atoms with Gasteiger partial charge in [-0.2, -0.15) is 0 Å². The number of nitrogens with one attached hydrogen (secondary N) is 1. The average molecular weight is 198 g/mol. The van der Waals surface area contributed by atoms with E-state index >= 15 is 0 Å². The van der Waals surface area contributed by atoms with Gasteiger partial charge >= 0.3 is 0 Å². The second-order valence-electron chi connectivity index (χ2n) is 4.57. The summed E-state index contributed by atoms with van der Waals surface area (Å²) in [7, 11) is 0. The van der Waals surface area contributed by atoms with Gasteiger partial charge in [0.1, 0.15) is 0 Å². The maximum absolute atomic E-state index is 9.31. The first-order valence-electron chi connectivity index (χ1n) is 5.99. The molecule has 2 N–H and O–H groups in total. The number of hydrogen-bond donors (Lipinski definition) is 2. The zero-order valence-electron chi connectivity index (χ0n) is 8.91. The Labute approximate surface area is 86.5 Å². The minimum absolute atomic E-state index is 0.309. The standard InChI is InChI=1S/C11H22N2O/c14-9-11-8-12-6-7-13(11)10-4-2-1-3-5-10/h10-12,14H,1-9H2. The molecular formula is C11H22N2O. The van der Waals surface area contributed by atoms with E-state index in [-0.39, 0.29) is 0 Å². The van der Waals surface area contributed by atoms with E-state index in [1.54, 1.807) is 0 Å². The van der Waals surface area contributed by atoms with Crippen molar-refractivity contribution in [2.24, 2.45) is 0 Å². The van der Waals surface area contributed by atoms with Crippen LogP contribution in [-0.4, -0.2) is 48.3 Å². The molecule has 1 saturated carbocycles. The molecule has 1 aliphatic carbocycles. The van der Waals surface area contributed by atoms with Crippen LogP contribution in [0.15, 0.2) is 0 Å². The Morgan fingerprint density at radius 1 is 1.21 bits per heavy atom. The summed E-state index contributed by atoms with van der Waals surface area (Å²) >= 11 is 0. The van der Waals surface area contributed by atoms with Crippen molar-refractivity contribution in [3.8, 4) is 0 Å². The largest absolute Gasteiger partial charge is 0.395 e. The molecule has 0 amide bonds. The molecule has 0 spiro atoms. The Kier molecular flexibility index (Phi) is 3.79. The summed E-state index contributed by atoms with van der Waals surface area (Å²) in [4.78, 5) is 2.54. The van der Waals surface area contributed by atoms with Crippen molar-refractivity contribution < 1.29 is 5.11 Å². The van der Waals surface area contributed by atoms with Crippen LogP contribution in [0.25, 0.3) is 0 Å². The van der Waals surface area contributed by atoms with Crippen molar-refractivity contribution in [3.05, 3.63) is 0 Å². The van der Waals surface area contributed by atoms with Gasteiger partial charge in [0, 0.05) is 31.7 Å². The number of rotatable bonds is 2. The maximum Gasteiger partial charge on any atom is 0.0599 e. The van der Waals surface area contributed by atoms with Crippen LogP contribution in [0.3, 0.4) is 0 Å². The van der Waals surface area contributed by atoms with Crippen molar-refractivity contribution in [1.29, 1.82) is 0 Å². The molecule has 1 heterocycles. The van der Waals surface area contributed by atoms with Crippen LogP contribution in [0.4, 0.5) is 0 Å². The smallest absolute Gasteiger partial charge is 0.0599 e. The van der Waals surface area contributed by atoms with Crippen molar-refractivity contribution in [2.75, 3.05) is 26.2 Å². The number of hydrogen-bond acceptors (Lipinski definition) is 3. The molecule has 2 aliphatic rings. The molecule has 2 fully saturated rings. The summed E-state index contributed by atoms with van der Waals surface area (Å²) < 4.78 is 0. The highest BCUT2D eigenvalue weighted by molar-refractivity contribution is 4.86. The number of nitrogens with zero attached hydrogens (tertiary/aromatic N) is 1. The molecule has 3 nitrogen and oxygen atoms in total. The third-order valence-corrected chi connectivity index (χ3v) is 3.65. The van der Waals surface area contributed by atoms with E-state index in [1.807, 2.05) is 0 Å². The van der Waals surface area contributed by atoms with Gasteiger partial charge in [-0.3, -0.25) is 4.90 Å². The predicted molar refractivity (Wildman–Crippen MR) is 57.3 cm³/mol. The quantitative estimate of drug-likeness (QED) is 0.681. The topological polar surface area (TPSA) is 35.5 Å². The summed E-state index contributed by atoms with van der Waals surface area (Å²) in [5.41, 5.74) is 0. The number of piperazine rings is 1. The molecule has 1 saturated heterocycles. The van der Waals surface area contributed by atoms with Gasteiger partial charge in [0.2, 0.25) is 0 Å². The molecular weight excluding hydrogens is 176 g/mol. The Bertz CT molecular complexity index is 169. The summed E-state index contributed by atoms with van der Waals surface area (Å²) in [5.74, 6) is 0. The first-order valence-corrected chi connectivity index (χ1v) is 5.99. The molecule has 0 radical (unpaired) electrons. The first kappa shape index (κ1) is 10.4. The summed E-state index contributed by atoms with van der Waals surface area (Å²) in [6.07, 6.45) is 6.86. The summed E-state index contributed by atoms with van der Waals surface area (Å²) in [5, 5.41) is 12.7. The lowest BCUT2D eigenvalue weighted by Gasteiger charge is -2.42. The fourth-order valence-corrected chi connectivity index (χ4v) is 2.84. The van der Waals surface area contributed by atoms with Crippen LogP contribution in [-0.2, 0) is 0 Å². The maximum atomic E-state index is 9.31. The number of aliphatic hydroxyl groups is 1. The highest BCUT2D eigenvalue weighted by Crippen LogP contribution is 2.24. The van der Waals surface area contributed by atoms with E-state index in [1.165, 1.54) is 32.1 Å². The van der Waals surface area contributed by atoms with Gasteiger partial charge in [-0.25, -0.2) is 0 Å². The van der Waals surface area contributed by atoms with E-state index < -0.39 is 0 Å². The zero-order chi connectivity index (χ0) is 9.80. The minimum atomic E-state index is 0.309. The Balaban J connectivity index is 1.91. The highest BCUT2D eigenvalue weighted by atomic mass is 16.3. The molecule has 0 aromatic carbocycles. The van der Waals surface area contributed by atoms with Gasteiger partial charge in [0.25, 0.3) is 0 Å². The summed E-state index contributed by atoms with van der Waals surface area (Å²) in [6, 6.07) is 1.12. The lowest BCUT2D eigenvalue weighted by molar-refractivity contribution is 0.0474. The first-order chi connectivity index (χ1) is 6.92. The van der Waals surface area contributed by atoms with Gasteiger partial charge in [-0.15, -0.1) is 0 Å². The van der Waals surface area contributed by atoms with Gasteiger partial charge in [-0.05, 0) is 12.8 Å². The van der Waals surface area contributed by atoms with Crippen LogP contribution in [0.5, 0.6) is 0 Å². The van der Waals surface area contributed by atoms with Gasteiger partial charge in [-0.1, -0.05) is 19.3 Å². The zero-order valence-corrected chi connectivity index (χ0v) is 8.91. The van der Waals surface area contributed by atoms with Crippen LogP contribution < -0.4 is 5.32 Å². The Morgan fingerprint density at radius 2 is 2.00 bits per heavy atom. The average Bonchev–Trinajstić information content (AvgIpc) is 2.30. The van der Waals surface area contributed by atoms with E-state index in [4.69, 9.17) is 0 Å². The highest BCUT2D eigenvalue weighted by Gasteiger charge is 2.28. The summed E-state index contributed by atoms with van der Waals surface area (Å²) in [6.45, 7) is 3.49. The molecule has 2 rings (SSSR count). The van der Waals surface area contributed by atoms with Crippen LogP contribution in [0.1, 0.15) is 32.1 Å². The fourth-order valence-electron chi connectivity index (χ4n) is 2.84.